The Labute approximate surface area is 116 Å². The summed E-state index contributed by atoms with van der Waals surface area (Å²) in [5.41, 5.74) is 3.36. The Bertz CT molecular complexity index is 560. The van der Waals surface area contributed by atoms with Crippen molar-refractivity contribution in [2.75, 3.05) is 12.9 Å². The summed E-state index contributed by atoms with van der Waals surface area (Å²) in [6, 6.07) is 3.93. The van der Waals surface area contributed by atoms with Crippen molar-refractivity contribution in [1.29, 1.82) is 0 Å². The summed E-state index contributed by atoms with van der Waals surface area (Å²) in [5, 5.41) is 3.56. The number of hydrogen-bond donors (Lipinski definition) is 1. The minimum atomic E-state index is -4.79. The fraction of sp³-hybridized carbons (Fsp3) is 0.273. The molecule has 1 aromatic carbocycles. The van der Waals surface area contributed by atoms with Crippen LogP contribution >= 0.6 is 11.8 Å². The molecule has 0 aromatic heterocycles. The number of nitrogens with one attached hydrogen (secondary N) is 1. The van der Waals surface area contributed by atoms with Crippen LogP contribution < -0.4 is 14.9 Å². The topological polar surface area (TPSA) is 59.9 Å². The lowest BCUT2D eigenvalue weighted by molar-refractivity contribution is -0.275. The van der Waals surface area contributed by atoms with Crippen LogP contribution in [-0.4, -0.2) is 30.2 Å². The molecule has 2 rings (SSSR count). The van der Waals surface area contributed by atoms with E-state index in [-0.39, 0.29) is 11.0 Å². The van der Waals surface area contributed by atoms with E-state index >= 15 is 0 Å². The third kappa shape index (κ3) is 3.56. The molecule has 1 aliphatic rings. The molecule has 1 amide bonds. The lowest BCUT2D eigenvalue weighted by Crippen LogP contribution is -2.24. The molecule has 5 nitrogen and oxygen atoms in total. The zero-order valence-electron chi connectivity index (χ0n) is 10.2. The van der Waals surface area contributed by atoms with E-state index in [4.69, 9.17) is 4.74 Å². The van der Waals surface area contributed by atoms with Gasteiger partial charge in [-0.3, -0.25) is 4.79 Å². The Morgan fingerprint density at radius 3 is 2.65 bits per heavy atom. The normalized spacial score (nSPS) is 15.4. The van der Waals surface area contributed by atoms with Crippen molar-refractivity contribution in [1.82, 2.24) is 5.43 Å². The third-order valence-corrected chi connectivity index (χ3v) is 3.12. The van der Waals surface area contributed by atoms with E-state index in [1.165, 1.54) is 19.2 Å². The largest absolute Gasteiger partial charge is 0.573 e. The number of rotatable bonds is 3. The van der Waals surface area contributed by atoms with E-state index in [9.17, 15) is 18.0 Å². The van der Waals surface area contributed by atoms with E-state index in [0.29, 0.717) is 17.0 Å². The molecule has 0 fully saturated rings. The van der Waals surface area contributed by atoms with Gasteiger partial charge < -0.3 is 9.47 Å². The lowest BCUT2D eigenvalue weighted by Gasteiger charge is -2.15. The fourth-order valence-electron chi connectivity index (χ4n) is 1.52. The van der Waals surface area contributed by atoms with Crippen LogP contribution in [0.2, 0.25) is 0 Å². The minimum absolute atomic E-state index is 0.0653. The molecule has 0 spiro atoms. The summed E-state index contributed by atoms with van der Waals surface area (Å²) in [7, 11) is 1.24. The van der Waals surface area contributed by atoms with Gasteiger partial charge in [0.2, 0.25) is 0 Å². The molecule has 0 radical (unpaired) electrons. The smallest absolute Gasteiger partial charge is 0.493 e. The molecule has 0 saturated heterocycles. The van der Waals surface area contributed by atoms with Crippen LogP contribution in [0.3, 0.4) is 0 Å². The van der Waals surface area contributed by atoms with Gasteiger partial charge in [-0.2, -0.15) is 5.10 Å². The van der Waals surface area contributed by atoms with Crippen LogP contribution in [0.1, 0.15) is 5.56 Å². The predicted octanol–water partition coefficient (Wildman–Crippen LogP) is 2.75. The van der Waals surface area contributed by atoms with Gasteiger partial charge in [0.25, 0.3) is 5.24 Å². The van der Waals surface area contributed by atoms with Crippen molar-refractivity contribution in [2.45, 2.75) is 6.36 Å². The van der Waals surface area contributed by atoms with E-state index in [0.717, 1.165) is 17.8 Å². The predicted molar refractivity (Wildman–Crippen MR) is 67.2 cm³/mol. The number of alkyl halides is 3. The average Bonchev–Trinajstić information content (AvgIpc) is 2.38. The van der Waals surface area contributed by atoms with Gasteiger partial charge in [0, 0.05) is 11.3 Å². The highest BCUT2D eigenvalue weighted by Crippen LogP contribution is 2.33. The number of ether oxygens (including phenoxy) is 2. The molecule has 0 bridgehead atoms. The molecule has 9 heteroatoms. The first-order chi connectivity index (χ1) is 9.39. The van der Waals surface area contributed by atoms with E-state index in [1.807, 2.05) is 0 Å². The molecule has 0 unspecified atom stereocenters. The minimum Gasteiger partial charge on any atom is -0.493 e. The van der Waals surface area contributed by atoms with E-state index in [1.54, 1.807) is 0 Å². The summed E-state index contributed by atoms with van der Waals surface area (Å²) in [6.07, 6.45) is -4.79. The molecule has 20 heavy (non-hydrogen) atoms. The molecule has 0 saturated carbocycles. The standard InChI is InChI=1S/C11H9F3N2O3S/c1-18-9-4-6(7-5-20-10(17)16-15-7)2-3-8(9)19-11(12,13)14/h2-4H,5H2,1H3,(H,16,17). The van der Waals surface area contributed by atoms with Crippen LogP contribution in [0.15, 0.2) is 23.3 Å². The van der Waals surface area contributed by atoms with Crippen LogP contribution in [0.25, 0.3) is 0 Å². The van der Waals surface area contributed by atoms with E-state index in [2.05, 4.69) is 15.3 Å². The first kappa shape index (κ1) is 14.5. The van der Waals surface area contributed by atoms with Crippen LogP contribution in [0, 0.1) is 0 Å². The zero-order valence-corrected chi connectivity index (χ0v) is 11.0. The number of hydrogen-bond acceptors (Lipinski definition) is 5. The maximum atomic E-state index is 12.2. The molecule has 108 valence electrons. The highest BCUT2D eigenvalue weighted by atomic mass is 32.2. The lowest BCUT2D eigenvalue weighted by atomic mass is 10.1. The second kappa shape index (κ2) is 5.61. The Kier molecular flexibility index (Phi) is 4.07. The first-order valence-corrected chi connectivity index (χ1v) is 6.31. The van der Waals surface area contributed by atoms with Crippen LogP contribution in [0.5, 0.6) is 11.5 Å². The van der Waals surface area contributed by atoms with Gasteiger partial charge in [0.1, 0.15) is 0 Å². The van der Waals surface area contributed by atoms with Crippen molar-refractivity contribution in [3.63, 3.8) is 0 Å². The molecule has 0 aliphatic carbocycles. The summed E-state index contributed by atoms with van der Waals surface area (Å²) in [4.78, 5) is 10.9. The van der Waals surface area contributed by atoms with Crippen molar-refractivity contribution >= 4 is 22.7 Å². The summed E-state index contributed by atoms with van der Waals surface area (Å²) < 4.78 is 45.3. The number of nitrogens with zero attached hydrogens (tertiary/aromatic N) is 1. The van der Waals surface area contributed by atoms with E-state index < -0.39 is 12.1 Å². The number of amides is 1. The maximum Gasteiger partial charge on any atom is 0.573 e. The third-order valence-electron chi connectivity index (χ3n) is 2.34. The van der Waals surface area contributed by atoms with Crippen molar-refractivity contribution in [3.8, 4) is 11.5 Å². The van der Waals surface area contributed by atoms with Crippen LogP contribution in [0.4, 0.5) is 18.0 Å². The molecule has 1 aliphatic heterocycles. The number of carbonyl (C=O) groups excluding carboxylic acids is 1. The summed E-state index contributed by atoms with van der Waals surface area (Å²) in [5.74, 6) is -0.171. The summed E-state index contributed by atoms with van der Waals surface area (Å²) >= 11 is 1.02. The fourth-order valence-corrected chi connectivity index (χ4v) is 2.12. The van der Waals surface area contributed by atoms with Gasteiger partial charge >= 0.3 is 6.36 Å². The highest BCUT2D eigenvalue weighted by Gasteiger charge is 2.32. The van der Waals surface area contributed by atoms with Crippen molar-refractivity contribution < 1.29 is 27.4 Å². The van der Waals surface area contributed by atoms with Gasteiger partial charge in [0.05, 0.1) is 12.8 Å². The van der Waals surface area contributed by atoms with Gasteiger partial charge in [-0.05, 0) is 18.2 Å². The van der Waals surface area contributed by atoms with Gasteiger partial charge in [-0.15, -0.1) is 13.2 Å². The quantitative estimate of drug-likeness (QED) is 0.933. The summed E-state index contributed by atoms with van der Waals surface area (Å²) in [6.45, 7) is 0. The number of hydrazone groups is 1. The Hall–Kier alpha value is -1.90. The Balaban J connectivity index is 2.27. The van der Waals surface area contributed by atoms with Gasteiger partial charge in [-0.1, -0.05) is 11.8 Å². The number of thioether (sulfide) groups is 1. The van der Waals surface area contributed by atoms with Gasteiger partial charge in [-0.25, -0.2) is 5.43 Å². The first-order valence-electron chi connectivity index (χ1n) is 5.32. The van der Waals surface area contributed by atoms with Crippen molar-refractivity contribution in [2.24, 2.45) is 5.10 Å². The number of halogens is 3. The van der Waals surface area contributed by atoms with Crippen molar-refractivity contribution in [3.05, 3.63) is 23.8 Å². The molecule has 1 N–H and O–H groups in total. The molecule has 1 aromatic rings. The monoisotopic (exact) mass is 306 g/mol. The van der Waals surface area contributed by atoms with Gasteiger partial charge in [0.15, 0.2) is 11.5 Å². The second-order valence-corrected chi connectivity index (χ2v) is 4.61. The average molecular weight is 306 g/mol. The molecule has 0 atom stereocenters. The second-order valence-electron chi connectivity index (χ2n) is 3.66. The zero-order chi connectivity index (χ0) is 14.8. The van der Waals surface area contributed by atoms with Crippen LogP contribution in [-0.2, 0) is 0 Å². The SMILES string of the molecule is COc1cc(C2=NNC(=O)SC2)ccc1OC(F)(F)F. The number of benzene rings is 1. The Morgan fingerprint density at radius 1 is 1.35 bits per heavy atom. The molecular formula is C11H9F3N2O3S. The maximum absolute atomic E-state index is 12.2. The highest BCUT2D eigenvalue weighted by molar-refractivity contribution is 8.14. The number of carbonyl (C=O) groups is 1. The molecular weight excluding hydrogens is 297 g/mol. The molecule has 1 heterocycles. The Morgan fingerprint density at radius 2 is 2.10 bits per heavy atom. The number of methoxy groups -OCH3 is 1.